The summed E-state index contributed by atoms with van der Waals surface area (Å²) >= 11 is 3.27. The van der Waals surface area contributed by atoms with E-state index in [9.17, 15) is 8.42 Å². The van der Waals surface area contributed by atoms with Crippen molar-refractivity contribution in [2.24, 2.45) is 0 Å². The lowest BCUT2D eigenvalue weighted by atomic mass is 10.2. The maximum absolute atomic E-state index is 12.4. The van der Waals surface area contributed by atoms with E-state index in [0.717, 1.165) is 0 Å². The first-order valence-electron chi connectivity index (χ1n) is 5.94. The van der Waals surface area contributed by atoms with E-state index in [1.54, 1.807) is 23.9 Å². The minimum absolute atomic E-state index is 0.155. The Hall–Kier alpha value is -1.54. The standard InChI is InChI=1S/C12H15BrN4O2S/c1-3-17-7-9(6-15-17)16-20(18,19)12-5-11(14)10(13)4-8(12)2/h4-7,16H,3,14H2,1-2H3. The molecule has 0 amide bonds. The second-order valence-electron chi connectivity index (χ2n) is 4.33. The molecule has 1 heterocycles. The second-order valence-corrected chi connectivity index (χ2v) is 6.83. The van der Waals surface area contributed by atoms with Gasteiger partial charge in [0.1, 0.15) is 0 Å². The highest BCUT2D eigenvalue weighted by Crippen LogP contribution is 2.27. The van der Waals surface area contributed by atoms with Gasteiger partial charge in [-0.3, -0.25) is 9.40 Å². The zero-order valence-electron chi connectivity index (χ0n) is 11.1. The Kier molecular flexibility index (Phi) is 4.05. The van der Waals surface area contributed by atoms with Gasteiger partial charge in [0, 0.05) is 22.9 Å². The fourth-order valence-corrected chi connectivity index (χ4v) is 3.51. The highest BCUT2D eigenvalue weighted by molar-refractivity contribution is 9.10. The fourth-order valence-electron chi connectivity index (χ4n) is 1.76. The Bertz CT molecular complexity index is 740. The Balaban J connectivity index is 2.37. The summed E-state index contributed by atoms with van der Waals surface area (Å²) in [7, 11) is -3.68. The van der Waals surface area contributed by atoms with Crippen LogP contribution in [0.1, 0.15) is 12.5 Å². The number of nitrogens with two attached hydrogens (primary N) is 1. The molecule has 3 N–H and O–H groups in total. The van der Waals surface area contributed by atoms with Gasteiger partial charge in [-0.05, 0) is 47.5 Å². The highest BCUT2D eigenvalue weighted by Gasteiger charge is 2.19. The van der Waals surface area contributed by atoms with Crippen molar-refractivity contribution < 1.29 is 8.42 Å². The van der Waals surface area contributed by atoms with Crippen LogP contribution in [0.2, 0.25) is 0 Å². The minimum atomic E-state index is -3.68. The van der Waals surface area contributed by atoms with Crippen LogP contribution in [0.15, 0.2) is 33.9 Å². The van der Waals surface area contributed by atoms with Gasteiger partial charge in [-0.25, -0.2) is 8.42 Å². The van der Waals surface area contributed by atoms with Crippen molar-refractivity contribution in [3.8, 4) is 0 Å². The molecule has 2 rings (SSSR count). The normalized spacial score (nSPS) is 11.6. The summed E-state index contributed by atoms with van der Waals surface area (Å²) in [4.78, 5) is 0.155. The molecule has 108 valence electrons. The third kappa shape index (κ3) is 2.96. The van der Waals surface area contributed by atoms with Gasteiger partial charge in [0.15, 0.2) is 0 Å². The van der Waals surface area contributed by atoms with Crippen LogP contribution in [0.25, 0.3) is 0 Å². The third-order valence-electron chi connectivity index (χ3n) is 2.79. The van der Waals surface area contributed by atoms with Crippen molar-refractivity contribution in [3.05, 3.63) is 34.6 Å². The van der Waals surface area contributed by atoms with Gasteiger partial charge < -0.3 is 5.73 Å². The number of sulfonamides is 1. The lowest BCUT2D eigenvalue weighted by Gasteiger charge is -2.10. The molecule has 0 radical (unpaired) electrons. The average molecular weight is 359 g/mol. The molecule has 0 aliphatic heterocycles. The van der Waals surface area contributed by atoms with Crippen molar-refractivity contribution in [3.63, 3.8) is 0 Å². The number of aryl methyl sites for hydroxylation is 2. The molecule has 0 unspecified atom stereocenters. The van der Waals surface area contributed by atoms with Crippen molar-refractivity contribution in [2.75, 3.05) is 10.5 Å². The molecule has 0 fully saturated rings. The minimum Gasteiger partial charge on any atom is -0.398 e. The first-order valence-corrected chi connectivity index (χ1v) is 8.22. The molecule has 0 spiro atoms. The largest absolute Gasteiger partial charge is 0.398 e. The Morgan fingerprint density at radius 1 is 1.45 bits per heavy atom. The Morgan fingerprint density at radius 3 is 2.75 bits per heavy atom. The van der Waals surface area contributed by atoms with Crippen LogP contribution in [0.3, 0.4) is 0 Å². The van der Waals surface area contributed by atoms with Gasteiger partial charge in [0.2, 0.25) is 0 Å². The average Bonchev–Trinajstić information content (AvgIpc) is 2.80. The zero-order chi connectivity index (χ0) is 14.9. The molecule has 0 saturated heterocycles. The molecule has 0 aliphatic rings. The molecule has 8 heteroatoms. The Morgan fingerprint density at radius 2 is 2.15 bits per heavy atom. The lowest BCUT2D eigenvalue weighted by Crippen LogP contribution is -2.14. The monoisotopic (exact) mass is 358 g/mol. The summed E-state index contributed by atoms with van der Waals surface area (Å²) in [5, 5.41) is 4.02. The first-order chi connectivity index (χ1) is 9.33. The van der Waals surface area contributed by atoms with Crippen molar-refractivity contribution >= 4 is 37.3 Å². The molecule has 1 aromatic heterocycles. The van der Waals surface area contributed by atoms with Gasteiger partial charge in [0.25, 0.3) is 10.0 Å². The summed E-state index contributed by atoms with van der Waals surface area (Å²) in [6.45, 7) is 4.31. The predicted octanol–water partition coefficient (Wildman–Crippen LogP) is 2.36. The number of nitrogen functional groups attached to an aromatic ring is 1. The molecule has 6 nitrogen and oxygen atoms in total. The van der Waals surface area contributed by atoms with Gasteiger partial charge in [-0.2, -0.15) is 5.10 Å². The van der Waals surface area contributed by atoms with E-state index in [1.165, 1.54) is 12.3 Å². The number of halogens is 1. The van der Waals surface area contributed by atoms with Gasteiger partial charge >= 0.3 is 0 Å². The van der Waals surface area contributed by atoms with Gasteiger partial charge in [0.05, 0.1) is 16.8 Å². The number of aromatic nitrogens is 2. The van der Waals surface area contributed by atoms with Gasteiger partial charge in [-0.15, -0.1) is 0 Å². The van der Waals surface area contributed by atoms with E-state index in [2.05, 4.69) is 25.8 Å². The van der Waals surface area contributed by atoms with E-state index >= 15 is 0 Å². The molecule has 0 aliphatic carbocycles. The number of benzene rings is 1. The molecule has 1 aromatic carbocycles. The molecule has 20 heavy (non-hydrogen) atoms. The highest BCUT2D eigenvalue weighted by atomic mass is 79.9. The molecule has 0 atom stereocenters. The van der Waals surface area contributed by atoms with Gasteiger partial charge in [-0.1, -0.05) is 0 Å². The Labute approximate surface area is 126 Å². The van der Waals surface area contributed by atoms with Crippen LogP contribution < -0.4 is 10.5 Å². The van der Waals surface area contributed by atoms with Crippen molar-refractivity contribution in [2.45, 2.75) is 25.3 Å². The van der Waals surface area contributed by atoms with Crippen LogP contribution in [0.5, 0.6) is 0 Å². The molecule has 0 bridgehead atoms. The first kappa shape index (κ1) is 14.9. The number of nitrogens with zero attached hydrogens (tertiary/aromatic N) is 2. The van der Waals surface area contributed by atoms with Crippen LogP contribution in [0, 0.1) is 6.92 Å². The summed E-state index contributed by atoms with van der Waals surface area (Å²) in [6.07, 6.45) is 3.10. The SMILES string of the molecule is CCn1cc(NS(=O)(=O)c2cc(N)c(Br)cc2C)cn1. The summed E-state index contributed by atoms with van der Waals surface area (Å²) in [5.41, 5.74) is 7.16. The maximum Gasteiger partial charge on any atom is 0.262 e. The molecular formula is C12H15BrN4O2S. The topological polar surface area (TPSA) is 90.0 Å². The number of rotatable bonds is 4. The number of nitrogens with one attached hydrogen (secondary N) is 1. The third-order valence-corrected chi connectivity index (χ3v) is 5.00. The van der Waals surface area contributed by atoms with E-state index in [0.29, 0.717) is 28.0 Å². The van der Waals surface area contributed by atoms with E-state index in [1.807, 2.05) is 6.92 Å². The summed E-state index contributed by atoms with van der Waals surface area (Å²) < 4.78 is 29.5. The smallest absolute Gasteiger partial charge is 0.262 e. The van der Waals surface area contributed by atoms with Crippen molar-refractivity contribution in [1.29, 1.82) is 0 Å². The maximum atomic E-state index is 12.4. The summed E-state index contributed by atoms with van der Waals surface area (Å²) in [6, 6.07) is 3.12. The summed E-state index contributed by atoms with van der Waals surface area (Å²) in [5.74, 6) is 0. The van der Waals surface area contributed by atoms with E-state index in [-0.39, 0.29) is 4.90 Å². The van der Waals surface area contributed by atoms with E-state index < -0.39 is 10.0 Å². The van der Waals surface area contributed by atoms with Crippen LogP contribution in [-0.4, -0.2) is 18.2 Å². The predicted molar refractivity (Wildman–Crippen MR) is 82.0 cm³/mol. The number of hydrogen-bond donors (Lipinski definition) is 2. The van der Waals surface area contributed by atoms with Crippen molar-refractivity contribution in [1.82, 2.24) is 9.78 Å². The lowest BCUT2D eigenvalue weighted by molar-refractivity contribution is 0.600. The molecular weight excluding hydrogens is 344 g/mol. The van der Waals surface area contributed by atoms with Crippen LogP contribution >= 0.6 is 15.9 Å². The second kappa shape index (κ2) is 5.45. The quantitative estimate of drug-likeness (QED) is 0.820. The molecule has 0 saturated carbocycles. The van der Waals surface area contributed by atoms with E-state index in [4.69, 9.17) is 5.73 Å². The zero-order valence-corrected chi connectivity index (χ0v) is 13.5. The fraction of sp³-hybridized carbons (Fsp3) is 0.250. The molecule has 2 aromatic rings. The van der Waals surface area contributed by atoms with Crippen LogP contribution in [-0.2, 0) is 16.6 Å². The number of hydrogen-bond acceptors (Lipinski definition) is 4. The number of anilines is 2. The van der Waals surface area contributed by atoms with Crippen LogP contribution in [0.4, 0.5) is 11.4 Å².